The summed E-state index contributed by atoms with van der Waals surface area (Å²) >= 11 is 0. The SMILES string of the molecule is Cc1cccnc1NC(=O)c1ncccc1C. The van der Waals surface area contributed by atoms with Crippen LogP contribution in [0.4, 0.5) is 5.82 Å². The standard InChI is InChI=1S/C13H13N3O/c1-9-5-3-7-14-11(9)13(17)16-12-10(2)6-4-8-15-12/h3-8H,1-2H3,(H,15,16,17). The topological polar surface area (TPSA) is 54.9 Å². The van der Waals surface area contributed by atoms with Gasteiger partial charge in [-0.15, -0.1) is 0 Å². The van der Waals surface area contributed by atoms with E-state index in [1.807, 2.05) is 32.0 Å². The molecule has 0 atom stereocenters. The summed E-state index contributed by atoms with van der Waals surface area (Å²) in [7, 11) is 0. The minimum Gasteiger partial charge on any atom is -0.305 e. The highest BCUT2D eigenvalue weighted by Crippen LogP contribution is 2.11. The van der Waals surface area contributed by atoms with Crippen molar-refractivity contribution in [3.05, 3.63) is 53.5 Å². The van der Waals surface area contributed by atoms with Gasteiger partial charge in [-0.25, -0.2) is 4.98 Å². The largest absolute Gasteiger partial charge is 0.305 e. The van der Waals surface area contributed by atoms with E-state index in [0.29, 0.717) is 11.5 Å². The number of aromatic nitrogens is 2. The second-order valence-corrected chi connectivity index (χ2v) is 3.79. The molecule has 0 radical (unpaired) electrons. The van der Waals surface area contributed by atoms with Gasteiger partial charge in [-0.2, -0.15) is 0 Å². The van der Waals surface area contributed by atoms with Crippen LogP contribution in [0.1, 0.15) is 21.6 Å². The van der Waals surface area contributed by atoms with Crippen LogP contribution >= 0.6 is 0 Å². The molecule has 0 aliphatic carbocycles. The smallest absolute Gasteiger partial charge is 0.275 e. The highest BCUT2D eigenvalue weighted by Gasteiger charge is 2.11. The predicted molar refractivity (Wildman–Crippen MR) is 65.9 cm³/mol. The number of anilines is 1. The Morgan fingerprint density at radius 1 is 1.06 bits per heavy atom. The Hall–Kier alpha value is -2.23. The van der Waals surface area contributed by atoms with Gasteiger partial charge in [0, 0.05) is 12.4 Å². The van der Waals surface area contributed by atoms with E-state index in [1.54, 1.807) is 18.5 Å². The van der Waals surface area contributed by atoms with E-state index in [4.69, 9.17) is 0 Å². The normalized spacial score (nSPS) is 10.0. The molecule has 2 heterocycles. The number of nitrogens with zero attached hydrogens (tertiary/aromatic N) is 2. The van der Waals surface area contributed by atoms with Crippen molar-refractivity contribution in [1.29, 1.82) is 0 Å². The van der Waals surface area contributed by atoms with Crippen LogP contribution in [0.2, 0.25) is 0 Å². The zero-order valence-electron chi connectivity index (χ0n) is 9.77. The molecule has 0 saturated carbocycles. The molecule has 0 bridgehead atoms. The van der Waals surface area contributed by atoms with Crippen LogP contribution < -0.4 is 5.32 Å². The Kier molecular flexibility index (Phi) is 3.14. The van der Waals surface area contributed by atoms with Crippen molar-refractivity contribution in [3.8, 4) is 0 Å². The maximum atomic E-state index is 12.0. The van der Waals surface area contributed by atoms with E-state index in [2.05, 4.69) is 15.3 Å². The molecule has 2 rings (SSSR count). The number of pyridine rings is 2. The first-order valence-electron chi connectivity index (χ1n) is 5.33. The third-order valence-corrected chi connectivity index (χ3v) is 2.47. The van der Waals surface area contributed by atoms with Crippen LogP contribution in [0.15, 0.2) is 36.7 Å². The summed E-state index contributed by atoms with van der Waals surface area (Å²) in [6.45, 7) is 3.75. The second kappa shape index (κ2) is 4.74. The van der Waals surface area contributed by atoms with E-state index < -0.39 is 0 Å². The molecule has 4 nitrogen and oxygen atoms in total. The number of rotatable bonds is 2. The number of hydrogen-bond acceptors (Lipinski definition) is 3. The minimum atomic E-state index is -0.232. The fourth-order valence-electron chi connectivity index (χ4n) is 1.51. The lowest BCUT2D eigenvalue weighted by Crippen LogP contribution is -2.16. The molecule has 0 aliphatic rings. The Labute approximate surface area is 99.7 Å². The minimum absolute atomic E-state index is 0.232. The van der Waals surface area contributed by atoms with Crippen molar-refractivity contribution in [2.75, 3.05) is 5.32 Å². The predicted octanol–water partition coefficient (Wildman–Crippen LogP) is 2.35. The molecule has 2 aromatic rings. The van der Waals surface area contributed by atoms with Crippen molar-refractivity contribution in [3.63, 3.8) is 0 Å². The molecule has 0 unspecified atom stereocenters. The number of amides is 1. The van der Waals surface area contributed by atoms with Gasteiger partial charge in [0.25, 0.3) is 5.91 Å². The highest BCUT2D eigenvalue weighted by atomic mass is 16.1. The molecule has 1 N–H and O–H groups in total. The van der Waals surface area contributed by atoms with Gasteiger partial charge in [-0.05, 0) is 37.1 Å². The average molecular weight is 227 g/mol. The van der Waals surface area contributed by atoms with Crippen molar-refractivity contribution in [2.45, 2.75) is 13.8 Å². The summed E-state index contributed by atoms with van der Waals surface area (Å²) in [5.41, 5.74) is 2.20. The fourth-order valence-corrected chi connectivity index (χ4v) is 1.51. The lowest BCUT2D eigenvalue weighted by molar-refractivity contribution is 0.102. The number of aryl methyl sites for hydroxylation is 2. The molecule has 2 aromatic heterocycles. The van der Waals surface area contributed by atoms with Gasteiger partial charge in [0.1, 0.15) is 11.5 Å². The molecule has 0 saturated heterocycles. The average Bonchev–Trinajstić information content (AvgIpc) is 2.32. The van der Waals surface area contributed by atoms with Crippen LogP contribution in [0.3, 0.4) is 0 Å². The van der Waals surface area contributed by atoms with Crippen LogP contribution in [0, 0.1) is 13.8 Å². The van der Waals surface area contributed by atoms with Crippen LogP contribution in [-0.4, -0.2) is 15.9 Å². The third-order valence-electron chi connectivity index (χ3n) is 2.47. The van der Waals surface area contributed by atoms with Crippen molar-refractivity contribution < 1.29 is 4.79 Å². The van der Waals surface area contributed by atoms with Gasteiger partial charge in [0.2, 0.25) is 0 Å². The molecular formula is C13H13N3O. The van der Waals surface area contributed by atoms with E-state index in [0.717, 1.165) is 11.1 Å². The zero-order chi connectivity index (χ0) is 12.3. The van der Waals surface area contributed by atoms with Crippen LogP contribution in [0.25, 0.3) is 0 Å². The Balaban J connectivity index is 2.24. The Morgan fingerprint density at radius 3 is 2.35 bits per heavy atom. The van der Waals surface area contributed by atoms with E-state index in [-0.39, 0.29) is 5.91 Å². The molecule has 0 spiro atoms. The van der Waals surface area contributed by atoms with Gasteiger partial charge in [-0.3, -0.25) is 9.78 Å². The number of carbonyl (C=O) groups is 1. The molecule has 0 aliphatic heterocycles. The monoisotopic (exact) mass is 227 g/mol. The molecule has 0 fully saturated rings. The van der Waals surface area contributed by atoms with Gasteiger partial charge < -0.3 is 5.32 Å². The second-order valence-electron chi connectivity index (χ2n) is 3.79. The molecule has 0 aromatic carbocycles. The molecule has 1 amide bonds. The van der Waals surface area contributed by atoms with Crippen LogP contribution in [-0.2, 0) is 0 Å². The maximum absolute atomic E-state index is 12.0. The number of hydrogen-bond donors (Lipinski definition) is 1. The summed E-state index contributed by atoms with van der Waals surface area (Å²) in [6, 6.07) is 7.39. The summed E-state index contributed by atoms with van der Waals surface area (Å²) in [5.74, 6) is 0.340. The van der Waals surface area contributed by atoms with Crippen molar-refractivity contribution in [1.82, 2.24) is 9.97 Å². The maximum Gasteiger partial charge on any atom is 0.275 e. The first-order chi connectivity index (χ1) is 8.18. The lowest BCUT2D eigenvalue weighted by atomic mass is 10.2. The summed E-state index contributed by atoms with van der Waals surface area (Å²) in [6.07, 6.45) is 3.25. The zero-order valence-corrected chi connectivity index (χ0v) is 9.77. The number of carbonyl (C=O) groups excluding carboxylic acids is 1. The van der Waals surface area contributed by atoms with Crippen molar-refractivity contribution in [2.24, 2.45) is 0 Å². The summed E-state index contributed by atoms with van der Waals surface area (Å²) in [5, 5.41) is 2.75. The first kappa shape index (κ1) is 11.3. The number of nitrogens with one attached hydrogen (secondary N) is 1. The van der Waals surface area contributed by atoms with E-state index >= 15 is 0 Å². The van der Waals surface area contributed by atoms with Gasteiger partial charge >= 0.3 is 0 Å². The summed E-state index contributed by atoms with van der Waals surface area (Å²) < 4.78 is 0. The molecule has 17 heavy (non-hydrogen) atoms. The quantitative estimate of drug-likeness (QED) is 0.856. The summed E-state index contributed by atoms with van der Waals surface area (Å²) in [4.78, 5) is 20.2. The lowest BCUT2D eigenvalue weighted by Gasteiger charge is -2.07. The van der Waals surface area contributed by atoms with Crippen molar-refractivity contribution >= 4 is 11.7 Å². The first-order valence-corrected chi connectivity index (χ1v) is 5.33. The fraction of sp³-hybridized carbons (Fsp3) is 0.154. The molecule has 4 heteroatoms. The van der Waals surface area contributed by atoms with Gasteiger partial charge in [0.05, 0.1) is 0 Å². The van der Waals surface area contributed by atoms with Gasteiger partial charge in [-0.1, -0.05) is 12.1 Å². The molecular weight excluding hydrogens is 214 g/mol. The third kappa shape index (κ3) is 2.47. The van der Waals surface area contributed by atoms with E-state index in [9.17, 15) is 4.79 Å². The van der Waals surface area contributed by atoms with Gasteiger partial charge in [0.15, 0.2) is 0 Å². The Morgan fingerprint density at radius 2 is 1.71 bits per heavy atom. The highest BCUT2D eigenvalue weighted by molar-refractivity contribution is 6.03. The van der Waals surface area contributed by atoms with Crippen LogP contribution in [0.5, 0.6) is 0 Å². The Bertz CT molecular complexity index is 552. The molecule has 86 valence electrons. The van der Waals surface area contributed by atoms with E-state index in [1.165, 1.54) is 0 Å².